The number of carbonyl (C=O) groups is 1. The number of likely N-dealkylation sites (tertiary alicyclic amines) is 1. The van der Waals surface area contributed by atoms with Gasteiger partial charge in [-0.3, -0.25) is 4.79 Å². The maximum atomic E-state index is 12.4. The van der Waals surface area contributed by atoms with Crippen LogP contribution in [0.15, 0.2) is 0 Å². The van der Waals surface area contributed by atoms with Crippen LogP contribution in [0.2, 0.25) is 0 Å². The van der Waals surface area contributed by atoms with Gasteiger partial charge in [0.05, 0.1) is 12.5 Å². The highest BCUT2D eigenvalue weighted by Gasteiger charge is 2.26. The molecular formula is C16H30N2O2. The second-order valence-corrected chi connectivity index (χ2v) is 6.60. The van der Waals surface area contributed by atoms with Gasteiger partial charge < -0.3 is 15.0 Å². The topological polar surface area (TPSA) is 41.6 Å². The Kier molecular flexibility index (Phi) is 6.30. The van der Waals surface area contributed by atoms with Crippen LogP contribution in [-0.4, -0.2) is 49.2 Å². The minimum Gasteiger partial charge on any atom is -0.378 e. The third kappa shape index (κ3) is 5.06. The molecule has 2 fully saturated rings. The molecule has 0 spiro atoms. The molecule has 2 heterocycles. The lowest BCUT2D eigenvalue weighted by molar-refractivity contribution is -0.136. The summed E-state index contributed by atoms with van der Waals surface area (Å²) in [7, 11) is 0. The number of ether oxygens (including phenoxy) is 1. The Bertz CT molecular complexity index is 301. The number of amides is 1. The van der Waals surface area contributed by atoms with Crippen molar-refractivity contribution in [1.29, 1.82) is 0 Å². The van der Waals surface area contributed by atoms with Gasteiger partial charge in [0.15, 0.2) is 0 Å². The van der Waals surface area contributed by atoms with Crippen molar-refractivity contribution in [2.75, 3.05) is 26.2 Å². The summed E-state index contributed by atoms with van der Waals surface area (Å²) in [5.41, 5.74) is 0. The van der Waals surface area contributed by atoms with Gasteiger partial charge >= 0.3 is 0 Å². The van der Waals surface area contributed by atoms with E-state index in [0.29, 0.717) is 24.3 Å². The van der Waals surface area contributed by atoms with Gasteiger partial charge in [-0.1, -0.05) is 13.8 Å². The van der Waals surface area contributed by atoms with Crippen molar-refractivity contribution in [3.63, 3.8) is 0 Å². The molecule has 2 saturated heterocycles. The highest BCUT2D eigenvalue weighted by Crippen LogP contribution is 2.20. The van der Waals surface area contributed by atoms with E-state index >= 15 is 0 Å². The summed E-state index contributed by atoms with van der Waals surface area (Å²) in [5.74, 6) is 0.911. The highest BCUT2D eigenvalue weighted by molar-refractivity contribution is 5.76. The van der Waals surface area contributed by atoms with Gasteiger partial charge in [-0.25, -0.2) is 0 Å². The van der Waals surface area contributed by atoms with Crippen LogP contribution in [0.1, 0.15) is 52.4 Å². The number of hydrogen-bond donors (Lipinski definition) is 1. The van der Waals surface area contributed by atoms with E-state index in [1.165, 1.54) is 12.8 Å². The van der Waals surface area contributed by atoms with E-state index in [4.69, 9.17) is 4.74 Å². The average Bonchev–Trinajstić information content (AvgIpc) is 2.46. The minimum atomic E-state index is 0.172. The number of piperidine rings is 1. The summed E-state index contributed by atoms with van der Waals surface area (Å²) in [6.45, 7) is 8.06. The van der Waals surface area contributed by atoms with Crippen molar-refractivity contribution in [1.82, 2.24) is 10.2 Å². The number of nitrogens with one attached hydrogen (secondary N) is 1. The van der Waals surface area contributed by atoms with E-state index in [-0.39, 0.29) is 6.10 Å². The number of carbonyl (C=O) groups excluding carboxylic acids is 1. The van der Waals surface area contributed by atoms with E-state index in [0.717, 1.165) is 45.5 Å². The first kappa shape index (κ1) is 15.8. The first-order valence-corrected chi connectivity index (χ1v) is 8.28. The molecule has 0 aromatic carbocycles. The molecule has 0 aromatic rings. The standard InChI is InChI=1S/C16H30N2O2/c1-13(2)17-11-14-6-5-8-18(12-14)16(19)10-15-7-3-4-9-20-15/h13-15,17H,3-12H2,1-2H3. The van der Waals surface area contributed by atoms with E-state index in [1.807, 2.05) is 0 Å². The predicted molar refractivity (Wildman–Crippen MR) is 80.7 cm³/mol. The summed E-state index contributed by atoms with van der Waals surface area (Å²) >= 11 is 0. The monoisotopic (exact) mass is 282 g/mol. The quantitative estimate of drug-likeness (QED) is 0.840. The van der Waals surface area contributed by atoms with Gasteiger partial charge in [0, 0.05) is 25.7 Å². The van der Waals surface area contributed by atoms with Gasteiger partial charge in [0.1, 0.15) is 0 Å². The Labute approximate surface area is 123 Å². The smallest absolute Gasteiger partial charge is 0.225 e. The second kappa shape index (κ2) is 7.99. The molecule has 1 amide bonds. The van der Waals surface area contributed by atoms with Crippen LogP contribution in [0.25, 0.3) is 0 Å². The molecule has 0 radical (unpaired) electrons. The molecule has 1 N–H and O–H groups in total. The van der Waals surface area contributed by atoms with Crippen LogP contribution in [0.5, 0.6) is 0 Å². The predicted octanol–water partition coefficient (Wildman–Crippen LogP) is 2.18. The van der Waals surface area contributed by atoms with E-state index < -0.39 is 0 Å². The van der Waals surface area contributed by atoms with Crippen LogP contribution in [0.4, 0.5) is 0 Å². The third-order valence-electron chi connectivity index (χ3n) is 4.36. The highest BCUT2D eigenvalue weighted by atomic mass is 16.5. The summed E-state index contributed by atoms with van der Waals surface area (Å²) in [6.07, 6.45) is 6.55. The second-order valence-electron chi connectivity index (χ2n) is 6.60. The van der Waals surface area contributed by atoms with Crippen molar-refractivity contribution in [3.8, 4) is 0 Å². The Morgan fingerprint density at radius 1 is 1.30 bits per heavy atom. The molecule has 116 valence electrons. The summed E-state index contributed by atoms with van der Waals surface area (Å²) in [4.78, 5) is 14.4. The van der Waals surface area contributed by atoms with Gasteiger partial charge in [0.2, 0.25) is 5.91 Å². The van der Waals surface area contributed by atoms with Crippen LogP contribution in [0.3, 0.4) is 0 Å². The zero-order valence-electron chi connectivity index (χ0n) is 13.1. The third-order valence-corrected chi connectivity index (χ3v) is 4.36. The van der Waals surface area contributed by atoms with Crippen LogP contribution >= 0.6 is 0 Å². The SMILES string of the molecule is CC(C)NCC1CCCN(C(=O)CC2CCCCO2)C1. The minimum absolute atomic E-state index is 0.172. The largest absolute Gasteiger partial charge is 0.378 e. The molecule has 0 aliphatic carbocycles. The Morgan fingerprint density at radius 2 is 2.15 bits per heavy atom. The van der Waals surface area contributed by atoms with Gasteiger partial charge in [-0.05, 0) is 44.6 Å². The molecule has 2 rings (SSSR count). The van der Waals surface area contributed by atoms with Crippen LogP contribution in [-0.2, 0) is 9.53 Å². The fraction of sp³-hybridized carbons (Fsp3) is 0.938. The molecule has 20 heavy (non-hydrogen) atoms. The van der Waals surface area contributed by atoms with Gasteiger partial charge in [-0.15, -0.1) is 0 Å². The lowest BCUT2D eigenvalue weighted by atomic mass is 9.96. The fourth-order valence-corrected chi connectivity index (χ4v) is 3.15. The molecule has 4 nitrogen and oxygen atoms in total. The zero-order valence-corrected chi connectivity index (χ0v) is 13.1. The Balaban J connectivity index is 1.74. The zero-order chi connectivity index (χ0) is 14.4. The first-order chi connectivity index (χ1) is 9.65. The lowest BCUT2D eigenvalue weighted by Crippen LogP contribution is -2.44. The molecule has 0 aromatic heterocycles. The molecule has 2 aliphatic rings. The normalized spacial score (nSPS) is 27.9. The number of hydrogen-bond acceptors (Lipinski definition) is 3. The molecular weight excluding hydrogens is 252 g/mol. The van der Waals surface area contributed by atoms with Crippen molar-refractivity contribution < 1.29 is 9.53 Å². The van der Waals surface area contributed by atoms with Gasteiger partial charge in [-0.2, -0.15) is 0 Å². The Hall–Kier alpha value is -0.610. The molecule has 2 aliphatic heterocycles. The van der Waals surface area contributed by atoms with Crippen LogP contribution < -0.4 is 5.32 Å². The number of nitrogens with zero attached hydrogens (tertiary/aromatic N) is 1. The van der Waals surface area contributed by atoms with Crippen LogP contribution in [0, 0.1) is 5.92 Å². The molecule has 0 bridgehead atoms. The fourth-order valence-electron chi connectivity index (χ4n) is 3.15. The first-order valence-electron chi connectivity index (χ1n) is 8.28. The maximum Gasteiger partial charge on any atom is 0.225 e. The molecule has 0 saturated carbocycles. The number of rotatable bonds is 5. The van der Waals surface area contributed by atoms with Crippen molar-refractivity contribution >= 4 is 5.91 Å². The molecule has 2 atom stereocenters. The average molecular weight is 282 g/mol. The molecule has 2 unspecified atom stereocenters. The van der Waals surface area contributed by atoms with Gasteiger partial charge in [0.25, 0.3) is 0 Å². The summed E-state index contributed by atoms with van der Waals surface area (Å²) < 4.78 is 5.69. The van der Waals surface area contributed by atoms with Crippen molar-refractivity contribution in [2.24, 2.45) is 5.92 Å². The summed E-state index contributed by atoms with van der Waals surface area (Å²) in [5, 5.41) is 3.49. The summed E-state index contributed by atoms with van der Waals surface area (Å²) in [6, 6.07) is 0.525. The van der Waals surface area contributed by atoms with Crippen molar-refractivity contribution in [3.05, 3.63) is 0 Å². The van der Waals surface area contributed by atoms with E-state index in [9.17, 15) is 4.79 Å². The van der Waals surface area contributed by atoms with E-state index in [1.54, 1.807) is 0 Å². The lowest BCUT2D eigenvalue weighted by Gasteiger charge is -2.34. The van der Waals surface area contributed by atoms with E-state index in [2.05, 4.69) is 24.1 Å². The Morgan fingerprint density at radius 3 is 2.85 bits per heavy atom. The maximum absolute atomic E-state index is 12.4. The van der Waals surface area contributed by atoms with Crippen molar-refractivity contribution in [2.45, 2.75) is 64.5 Å². The molecule has 4 heteroatoms.